The molecule has 23 heavy (non-hydrogen) atoms. The molecule has 0 bridgehead atoms. The van der Waals surface area contributed by atoms with E-state index < -0.39 is 28.0 Å². The predicted octanol–water partition coefficient (Wildman–Crippen LogP) is 0.265. The smallest absolute Gasteiger partial charge is 0.328 e. The fraction of sp³-hybridized carbons (Fsp3) is 0.429. The maximum atomic E-state index is 12.4. The van der Waals surface area contributed by atoms with Gasteiger partial charge in [-0.25, -0.2) is 13.2 Å². The van der Waals surface area contributed by atoms with Crippen LogP contribution in [-0.4, -0.2) is 34.7 Å². The summed E-state index contributed by atoms with van der Waals surface area (Å²) in [6, 6.07) is 3.01. The van der Waals surface area contributed by atoms with Crippen LogP contribution >= 0.6 is 0 Å². The molecule has 0 aliphatic heterocycles. The largest absolute Gasteiger partial charge is 0.480 e. The summed E-state index contributed by atoms with van der Waals surface area (Å²) in [6.45, 7) is 3.23. The van der Waals surface area contributed by atoms with Crippen molar-refractivity contribution in [2.45, 2.75) is 24.8 Å². The van der Waals surface area contributed by atoms with Gasteiger partial charge in [-0.05, 0) is 24.1 Å². The Labute approximate surface area is 133 Å². The number of nitrogens with zero attached hydrogens (tertiary/aromatic N) is 2. The number of aliphatic carboxylic acids is 1. The van der Waals surface area contributed by atoms with Crippen LogP contribution in [0.4, 0.5) is 0 Å². The molecule has 0 aliphatic rings. The van der Waals surface area contributed by atoms with Crippen molar-refractivity contribution in [1.82, 2.24) is 13.9 Å². The Morgan fingerprint density at radius 1 is 1.17 bits per heavy atom. The molecule has 0 aliphatic carbocycles. The molecule has 1 atom stereocenters. The maximum absolute atomic E-state index is 12.4. The Morgan fingerprint density at radius 3 is 2.26 bits per heavy atom. The van der Waals surface area contributed by atoms with Gasteiger partial charge >= 0.3 is 11.7 Å². The fourth-order valence-corrected chi connectivity index (χ4v) is 3.72. The maximum Gasteiger partial charge on any atom is 0.328 e. The minimum atomic E-state index is -4.02. The molecule has 2 aromatic rings. The number of sulfonamides is 1. The third-order valence-electron chi connectivity index (χ3n) is 3.77. The second-order valence-electron chi connectivity index (χ2n) is 5.73. The first kappa shape index (κ1) is 17.2. The molecule has 0 radical (unpaired) electrons. The lowest BCUT2D eigenvalue weighted by Gasteiger charge is -2.18. The molecule has 0 spiro atoms. The van der Waals surface area contributed by atoms with E-state index in [9.17, 15) is 18.0 Å². The molecule has 0 fully saturated rings. The highest BCUT2D eigenvalue weighted by molar-refractivity contribution is 7.89. The van der Waals surface area contributed by atoms with Crippen molar-refractivity contribution >= 4 is 27.0 Å². The van der Waals surface area contributed by atoms with Crippen LogP contribution in [0.25, 0.3) is 11.0 Å². The number of aromatic nitrogens is 2. The molecule has 8 nitrogen and oxygen atoms in total. The van der Waals surface area contributed by atoms with Gasteiger partial charge in [0.1, 0.15) is 6.04 Å². The molecule has 1 aromatic heterocycles. The van der Waals surface area contributed by atoms with Crippen LogP contribution in [0.3, 0.4) is 0 Å². The quantitative estimate of drug-likeness (QED) is 0.811. The molecule has 2 N–H and O–H groups in total. The van der Waals surface area contributed by atoms with Crippen molar-refractivity contribution in [3.63, 3.8) is 0 Å². The Bertz CT molecular complexity index is 924. The number of carboxylic acids is 1. The molecule has 1 aromatic carbocycles. The van der Waals surface area contributed by atoms with Crippen molar-refractivity contribution in [3.05, 3.63) is 28.7 Å². The highest BCUT2D eigenvalue weighted by atomic mass is 32.2. The molecule has 1 heterocycles. The van der Waals surface area contributed by atoms with Crippen LogP contribution in [0, 0.1) is 5.92 Å². The summed E-state index contributed by atoms with van der Waals surface area (Å²) in [5.41, 5.74) is 0.778. The monoisotopic (exact) mass is 341 g/mol. The van der Waals surface area contributed by atoms with Crippen LogP contribution in [0.1, 0.15) is 13.8 Å². The van der Waals surface area contributed by atoms with E-state index in [1.165, 1.54) is 27.3 Å². The van der Waals surface area contributed by atoms with Crippen molar-refractivity contribution in [2.75, 3.05) is 0 Å². The Balaban J connectivity index is 2.52. The number of carboxylic acid groups (broad SMARTS) is 1. The fourth-order valence-electron chi connectivity index (χ4n) is 2.36. The van der Waals surface area contributed by atoms with Crippen molar-refractivity contribution in [2.24, 2.45) is 20.0 Å². The van der Waals surface area contributed by atoms with Crippen LogP contribution < -0.4 is 10.4 Å². The SMILES string of the molecule is CC(C)[C@H](NS(=O)(=O)c1ccc2c(c1)n(C)c(=O)n2C)C(=O)O. The number of imidazole rings is 1. The third-order valence-corrected chi connectivity index (χ3v) is 5.21. The van der Waals surface area contributed by atoms with E-state index in [1.54, 1.807) is 27.9 Å². The van der Waals surface area contributed by atoms with E-state index in [0.717, 1.165) is 0 Å². The molecule has 0 saturated heterocycles. The van der Waals surface area contributed by atoms with Crippen LogP contribution in [0.15, 0.2) is 27.9 Å². The van der Waals surface area contributed by atoms with E-state index in [1.807, 2.05) is 0 Å². The molecule has 9 heteroatoms. The van der Waals surface area contributed by atoms with Gasteiger partial charge < -0.3 is 5.11 Å². The minimum absolute atomic E-state index is 0.0851. The molecule has 126 valence electrons. The van der Waals surface area contributed by atoms with Gasteiger partial charge in [0, 0.05) is 14.1 Å². The first-order chi connectivity index (χ1) is 10.6. The standard InChI is InChI=1S/C14H19N3O5S/c1-8(2)12(13(18)19)15-23(21,22)9-5-6-10-11(7-9)17(4)14(20)16(10)3/h5-8,12,15H,1-4H3,(H,18,19)/t12-/m0/s1. The van der Waals surface area contributed by atoms with Crippen molar-refractivity contribution in [1.29, 1.82) is 0 Å². The zero-order valence-electron chi connectivity index (χ0n) is 13.3. The van der Waals surface area contributed by atoms with E-state index in [-0.39, 0.29) is 10.6 Å². The van der Waals surface area contributed by atoms with Gasteiger partial charge in [0.15, 0.2) is 0 Å². The summed E-state index contributed by atoms with van der Waals surface area (Å²) < 4.78 is 29.8. The normalized spacial score (nSPS) is 13.6. The highest BCUT2D eigenvalue weighted by Crippen LogP contribution is 2.18. The van der Waals surface area contributed by atoms with E-state index in [2.05, 4.69) is 4.72 Å². The highest BCUT2D eigenvalue weighted by Gasteiger charge is 2.28. The molecular formula is C14H19N3O5S. The number of rotatable bonds is 5. The Hall–Kier alpha value is -2.13. The number of nitrogens with one attached hydrogen (secondary N) is 1. The first-order valence-electron chi connectivity index (χ1n) is 6.97. The second kappa shape index (κ2) is 5.82. The molecule has 0 saturated carbocycles. The molecular weight excluding hydrogens is 322 g/mol. The van der Waals surface area contributed by atoms with Crippen molar-refractivity contribution in [3.8, 4) is 0 Å². The number of carbonyl (C=O) groups is 1. The molecule has 0 unspecified atom stereocenters. The lowest BCUT2D eigenvalue weighted by atomic mass is 10.1. The number of hydrogen-bond acceptors (Lipinski definition) is 4. The van der Waals surface area contributed by atoms with Crippen LogP contribution in [0.5, 0.6) is 0 Å². The van der Waals surface area contributed by atoms with Gasteiger partial charge in [-0.1, -0.05) is 13.8 Å². The number of benzene rings is 1. The zero-order valence-corrected chi connectivity index (χ0v) is 14.1. The topological polar surface area (TPSA) is 110 Å². The molecule has 2 rings (SSSR count). The van der Waals surface area contributed by atoms with E-state index >= 15 is 0 Å². The average Bonchev–Trinajstić information content (AvgIpc) is 2.69. The summed E-state index contributed by atoms with van der Waals surface area (Å²) in [4.78, 5) is 23.0. The van der Waals surface area contributed by atoms with Gasteiger partial charge in [0.25, 0.3) is 0 Å². The summed E-state index contributed by atoms with van der Waals surface area (Å²) in [5, 5.41) is 9.13. The zero-order chi connectivity index (χ0) is 17.5. The number of aryl methyl sites for hydroxylation is 2. The van der Waals surface area contributed by atoms with Gasteiger partial charge in [0.2, 0.25) is 10.0 Å². The van der Waals surface area contributed by atoms with E-state index in [0.29, 0.717) is 11.0 Å². The summed E-state index contributed by atoms with van der Waals surface area (Å²) in [7, 11) is -0.879. The Kier molecular flexibility index (Phi) is 4.36. The minimum Gasteiger partial charge on any atom is -0.480 e. The number of fused-ring (bicyclic) bond motifs is 1. The van der Waals surface area contributed by atoms with Crippen molar-refractivity contribution < 1.29 is 18.3 Å². The van der Waals surface area contributed by atoms with E-state index in [4.69, 9.17) is 5.11 Å². The summed E-state index contributed by atoms with van der Waals surface area (Å²) >= 11 is 0. The summed E-state index contributed by atoms with van der Waals surface area (Å²) in [5.74, 6) is -1.65. The van der Waals surface area contributed by atoms with Gasteiger partial charge in [0.05, 0.1) is 15.9 Å². The first-order valence-corrected chi connectivity index (χ1v) is 8.45. The lowest BCUT2D eigenvalue weighted by Crippen LogP contribution is -2.44. The van der Waals surface area contributed by atoms with Crippen LogP contribution in [-0.2, 0) is 28.9 Å². The lowest BCUT2D eigenvalue weighted by molar-refractivity contribution is -0.140. The second-order valence-corrected chi connectivity index (χ2v) is 7.45. The van der Waals surface area contributed by atoms with Crippen LogP contribution in [0.2, 0.25) is 0 Å². The number of hydrogen-bond donors (Lipinski definition) is 2. The Morgan fingerprint density at radius 2 is 1.74 bits per heavy atom. The molecule has 0 amide bonds. The summed E-state index contributed by atoms with van der Waals surface area (Å²) in [6.07, 6.45) is 0. The van der Waals surface area contributed by atoms with Gasteiger partial charge in [-0.15, -0.1) is 0 Å². The average molecular weight is 341 g/mol. The third kappa shape index (κ3) is 3.02. The van der Waals surface area contributed by atoms with Gasteiger partial charge in [-0.3, -0.25) is 13.9 Å². The van der Waals surface area contributed by atoms with Gasteiger partial charge in [-0.2, -0.15) is 4.72 Å². The predicted molar refractivity (Wildman–Crippen MR) is 84.7 cm³/mol.